The maximum atomic E-state index is 12.8. The zero-order chi connectivity index (χ0) is 15.5. The van der Waals surface area contributed by atoms with E-state index in [-0.39, 0.29) is 18.4 Å². The Morgan fingerprint density at radius 3 is 2.24 bits per heavy atom. The summed E-state index contributed by atoms with van der Waals surface area (Å²) < 4.78 is 62.4. The first-order valence-corrected chi connectivity index (χ1v) is 8.37. The van der Waals surface area contributed by atoms with Crippen LogP contribution in [0.3, 0.4) is 0 Å². The average molecular weight is 320 g/mol. The quantitative estimate of drug-likeness (QED) is 0.865. The van der Waals surface area contributed by atoms with Gasteiger partial charge in [0.1, 0.15) is 0 Å². The van der Waals surface area contributed by atoms with E-state index >= 15 is 0 Å². The van der Waals surface area contributed by atoms with E-state index < -0.39 is 37.7 Å². The van der Waals surface area contributed by atoms with Crippen LogP contribution in [-0.4, -0.2) is 24.0 Å². The predicted molar refractivity (Wildman–Crippen MR) is 70.3 cm³/mol. The van der Waals surface area contributed by atoms with Gasteiger partial charge in [-0.25, -0.2) is 8.42 Å². The van der Waals surface area contributed by atoms with E-state index in [1.807, 2.05) is 0 Å². The maximum Gasteiger partial charge on any atom is 0.416 e. The molecule has 0 spiro atoms. The molecule has 2 fully saturated rings. The molecule has 0 saturated carbocycles. The fourth-order valence-electron chi connectivity index (χ4n) is 3.47. The van der Waals surface area contributed by atoms with Crippen LogP contribution in [0.1, 0.15) is 36.8 Å². The molecule has 7 heteroatoms. The van der Waals surface area contributed by atoms with Gasteiger partial charge in [-0.05, 0) is 43.4 Å². The fourth-order valence-corrected chi connectivity index (χ4v) is 5.96. The minimum absolute atomic E-state index is 0.0207. The fraction of sp³-hybridized carbons (Fsp3) is 0.571. The molecule has 2 saturated heterocycles. The Labute approximate surface area is 120 Å². The molecular weight excluding hydrogens is 305 g/mol. The monoisotopic (exact) mass is 320 g/mol. The Morgan fingerprint density at radius 1 is 1.14 bits per heavy atom. The first kappa shape index (κ1) is 14.8. The van der Waals surface area contributed by atoms with Gasteiger partial charge in [0.2, 0.25) is 0 Å². The lowest BCUT2D eigenvalue weighted by Gasteiger charge is -2.36. The highest BCUT2D eigenvalue weighted by atomic mass is 32.2. The number of hydrogen-bond donors (Lipinski definition) is 1. The van der Waals surface area contributed by atoms with Gasteiger partial charge in [-0.2, -0.15) is 13.2 Å². The molecule has 2 aliphatic rings. The molecule has 1 aromatic carbocycles. The van der Waals surface area contributed by atoms with E-state index in [1.54, 1.807) is 0 Å². The lowest BCUT2D eigenvalue weighted by molar-refractivity contribution is -0.137. The summed E-state index contributed by atoms with van der Waals surface area (Å²) in [7, 11) is -3.23. The Hall–Kier alpha value is -1.08. The number of alkyl halides is 3. The van der Waals surface area contributed by atoms with E-state index in [0.29, 0.717) is 12.8 Å². The molecule has 1 N–H and O–H groups in total. The highest BCUT2D eigenvalue weighted by Gasteiger charge is 2.53. The van der Waals surface area contributed by atoms with Gasteiger partial charge in [-0.1, -0.05) is 12.1 Å². The van der Waals surface area contributed by atoms with Gasteiger partial charge in [0.05, 0.1) is 21.7 Å². The van der Waals surface area contributed by atoms with E-state index in [9.17, 15) is 26.7 Å². The van der Waals surface area contributed by atoms with Crippen molar-refractivity contribution in [3.05, 3.63) is 35.4 Å². The van der Waals surface area contributed by atoms with E-state index in [4.69, 9.17) is 0 Å². The number of hydrogen-bond acceptors (Lipinski definition) is 3. The first-order valence-electron chi connectivity index (χ1n) is 6.76. The zero-order valence-corrected chi connectivity index (χ0v) is 11.9. The van der Waals surface area contributed by atoms with Crippen molar-refractivity contribution in [1.29, 1.82) is 0 Å². The Bertz CT molecular complexity index is 646. The third kappa shape index (κ3) is 2.36. The van der Waals surface area contributed by atoms with Crippen molar-refractivity contribution in [3.63, 3.8) is 0 Å². The van der Waals surface area contributed by atoms with Crippen molar-refractivity contribution in [3.8, 4) is 0 Å². The Balaban J connectivity index is 1.98. The third-order valence-electron chi connectivity index (χ3n) is 4.60. The minimum atomic E-state index is -4.48. The van der Waals surface area contributed by atoms with Gasteiger partial charge in [0.15, 0.2) is 9.84 Å². The molecule has 3 rings (SSSR count). The summed E-state index contributed by atoms with van der Waals surface area (Å²) in [6.45, 7) is 0. The van der Waals surface area contributed by atoms with Crippen molar-refractivity contribution in [1.82, 2.24) is 0 Å². The molecule has 0 aromatic heterocycles. The van der Waals surface area contributed by atoms with Crippen LogP contribution in [0.15, 0.2) is 24.3 Å². The molecule has 2 atom stereocenters. The molecule has 2 heterocycles. The molecule has 116 valence electrons. The number of aliphatic hydroxyl groups is 1. The largest absolute Gasteiger partial charge is 0.416 e. The Morgan fingerprint density at radius 2 is 1.71 bits per heavy atom. The summed E-state index contributed by atoms with van der Waals surface area (Å²) in [5, 5.41) is 9.43. The van der Waals surface area contributed by atoms with Gasteiger partial charge in [0, 0.05) is 0 Å². The van der Waals surface area contributed by atoms with Crippen LogP contribution >= 0.6 is 0 Å². The normalized spacial score (nSPS) is 34.9. The van der Waals surface area contributed by atoms with Crippen LogP contribution in [0.25, 0.3) is 0 Å². The second-order valence-corrected chi connectivity index (χ2v) is 8.44. The van der Waals surface area contributed by atoms with Crippen LogP contribution in [-0.2, 0) is 21.6 Å². The topological polar surface area (TPSA) is 54.4 Å². The summed E-state index contributed by atoms with van der Waals surface area (Å²) in [4.78, 5) is 0. The SMILES string of the molecule is O=S1(=O)C2CCC1CC(O)(c1cccc(C(F)(F)F)c1)C2. The van der Waals surface area contributed by atoms with Crippen molar-refractivity contribution >= 4 is 9.84 Å². The molecule has 3 nitrogen and oxygen atoms in total. The van der Waals surface area contributed by atoms with Crippen LogP contribution < -0.4 is 0 Å². The van der Waals surface area contributed by atoms with E-state index in [0.717, 1.165) is 12.1 Å². The van der Waals surface area contributed by atoms with Crippen molar-refractivity contribution in [2.75, 3.05) is 0 Å². The molecule has 0 radical (unpaired) electrons. The molecule has 21 heavy (non-hydrogen) atoms. The van der Waals surface area contributed by atoms with Crippen molar-refractivity contribution in [2.24, 2.45) is 0 Å². The summed E-state index contributed by atoms with van der Waals surface area (Å²) in [6.07, 6.45) is -3.56. The smallest absolute Gasteiger partial charge is 0.385 e. The molecule has 0 amide bonds. The lowest BCUT2D eigenvalue weighted by Crippen LogP contribution is -2.43. The molecule has 2 bridgehead atoms. The van der Waals surface area contributed by atoms with Crippen LogP contribution in [0, 0.1) is 0 Å². The van der Waals surface area contributed by atoms with Gasteiger partial charge >= 0.3 is 6.18 Å². The minimum Gasteiger partial charge on any atom is -0.385 e. The van der Waals surface area contributed by atoms with Crippen LogP contribution in [0.4, 0.5) is 13.2 Å². The average Bonchev–Trinajstić information content (AvgIpc) is 2.58. The van der Waals surface area contributed by atoms with Gasteiger partial charge in [-0.15, -0.1) is 0 Å². The number of rotatable bonds is 1. The summed E-state index contributed by atoms with van der Waals surface area (Å²) in [5.41, 5.74) is -2.16. The third-order valence-corrected chi connectivity index (χ3v) is 7.26. The number of sulfone groups is 1. The summed E-state index contributed by atoms with van der Waals surface area (Å²) >= 11 is 0. The first-order chi connectivity index (χ1) is 9.63. The van der Waals surface area contributed by atoms with E-state index in [1.165, 1.54) is 12.1 Å². The summed E-state index contributed by atoms with van der Waals surface area (Å²) in [6, 6.07) is 4.56. The molecule has 0 aliphatic carbocycles. The second-order valence-electron chi connectivity index (χ2n) is 5.93. The molecule has 1 aromatic rings. The molecule has 2 aliphatic heterocycles. The predicted octanol–water partition coefficient (Wildman–Crippen LogP) is 2.63. The van der Waals surface area contributed by atoms with Gasteiger partial charge in [0.25, 0.3) is 0 Å². The molecule has 2 unspecified atom stereocenters. The lowest BCUT2D eigenvalue weighted by atomic mass is 9.85. The van der Waals surface area contributed by atoms with Crippen molar-refractivity contribution in [2.45, 2.75) is 48.0 Å². The summed E-state index contributed by atoms with van der Waals surface area (Å²) in [5.74, 6) is 0. The standard InChI is InChI=1S/C14H15F3O3S/c15-14(16,17)10-3-1-2-9(6-10)13(18)7-11-4-5-12(8-13)21(11,19)20/h1-3,6,11-12,18H,4-5,7-8H2. The highest BCUT2D eigenvalue weighted by Crippen LogP contribution is 2.48. The van der Waals surface area contributed by atoms with E-state index in [2.05, 4.69) is 0 Å². The molecular formula is C14H15F3O3S. The second kappa shape index (κ2) is 4.46. The zero-order valence-electron chi connectivity index (χ0n) is 11.1. The van der Waals surface area contributed by atoms with Gasteiger partial charge < -0.3 is 5.11 Å². The van der Waals surface area contributed by atoms with Gasteiger partial charge in [-0.3, -0.25) is 0 Å². The number of fused-ring (bicyclic) bond motifs is 2. The highest BCUT2D eigenvalue weighted by molar-refractivity contribution is 7.93. The number of halogens is 3. The Kier molecular flexibility index (Phi) is 3.15. The number of benzene rings is 1. The van der Waals surface area contributed by atoms with Crippen molar-refractivity contribution < 1.29 is 26.7 Å². The van der Waals surface area contributed by atoms with Crippen LogP contribution in [0.5, 0.6) is 0 Å². The maximum absolute atomic E-state index is 12.8. The van der Waals surface area contributed by atoms with Crippen LogP contribution in [0.2, 0.25) is 0 Å².